The molecule has 1 rings (SSSR count). The van der Waals surface area contributed by atoms with Crippen LogP contribution in [0.3, 0.4) is 0 Å². The Morgan fingerprint density at radius 1 is 1.30 bits per heavy atom. The second-order valence-corrected chi connectivity index (χ2v) is 1.97. The molecule has 0 atom stereocenters. The summed E-state index contributed by atoms with van der Waals surface area (Å²) >= 11 is 0. The predicted molar refractivity (Wildman–Crippen MR) is 46.8 cm³/mol. The summed E-state index contributed by atoms with van der Waals surface area (Å²) in [6.45, 7) is 2.11. The first-order valence-electron chi connectivity index (χ1n) is 3.47. The maximum Gasteiger partial charge on any atom is -0.0160 e. The molecule has 0 saturated carbocycles. The largest absolute Gasteiger partial charge is 0.333 e. The van der Waals surface area contributed by atoms with Gasteiger partial charge in [0.25, 0.3) is 0 Å². The molecule has 0 unspecified atom stereocenters. The minimum Gasteiger partial charge on any atom is -0.333 e. The van der Waals surface area contributed by atoms with E-state index in [-0.39, 0.29) is 0 Å². The summed E-state index contributed by atoms with van der Waals surface area (Å²) in [5, 5.41) is 0. The van der Waals surface area contributed by atoms with Gasteiger partial charge < -0.3 is 5.73 Å². The summed E-state index contributed by atoms with van der Waals surface area (Å²) in [5.74, 6) is 0. The molecule has 1 aliphatic rings. The van der Waals surface area contributed by atoms with E-state index < -0.39 is 0 Å². The molecule has 1 nitrogen and oxygen atoms in total. The highest BCUT2D eigenvalue weighted by Gasteiger charge is 1.81. The molecule has 56 valence electrons. The van der Waals surface area contributed by atoms with Crippen molar-refractivity contribution in [1.29, 1.82) is 0 Å². The average Bonchev–Trinajstić information content (AvgIpc) is 2.21. The summed E-state index contributed by atoms with van der Waals surface area (Å²) < 4.78 is 0. The highest BCUT2D eigenvalue weighted by molar-refractivity contribution is 5.24. The molecule has 0 radical (unpaired) electrons. The minimum absolute atomic E-state index is 1.08. The SMILES string of the molecule is CC1=CCC=CC=C1.CN. The van der Waals surface area contributed by atoms with Gasteiger partial charge >= 0.3 is 0 Å². The Labute approximate surface area is 62.9 Å². The van der Waals surface area contributed by atoms with Crippen molar-refractivity contribution in [2.24, 2.45) is 5.73 Å². The van der Waals surface area contributed by atoms with E-state index in [2.05, 4.69) is 43.0 Å². The normalized spacial score (nSPS) is 14.9. The van der Waals surface area contributed by atoms with Crippen molar-refractivity contribution in [2.75, 3.05) is 7.05 Å². The van der Waals surface area contributed by atoms with Crippen molar-refractivity contribution in [3.05, 3.63) is 36.0 Å². The Morgan fingerprint density at radius 3 is 2.70 bits per heavy atom. The molecule has 0 aromatic rings. The zero-order chi connectivity index (χ0) is 7.82. The van der Waals surface area contributed by atoms with Crippen LogP contribution in [-0.4, -0.2) is 7.05 Å². The van der Waals surface area contributed by atoms with Gasteiger partial charge in [0.2, 0.25) is 0 Å². The van der Waals surface area contributed by atoms with Gasteiger partial charge in [0, 0.05) is 0 Å². The number of allylic oxidation sites excluding steroid dienone is 6. The van der Waals surface area contributed by atoms with Crippen LogP contribution in [-0.2, 0) is 0 Å². The monoisotopic (exact) mass is 137 g/mol. The Morgan fingerprint density at radius 2 is 2.00 bits per heavy atom. The third-order valence-corrected chi connectivity index (χ3v) is 1.18. The number of hydrogen-bond donors (Lipinski definition) is 1. The molecule has 0 aliphatic heterocycles. The van der Waals surface area contributed by atoms with E-state index in [4.69, 9.17) is 0 Å². The molecule has 0 saturated heterocycles. The van der Waals surface area contributed by atoms with Gasteiger partial charge in [-0.15, -0.1) is 0 Å². The summed E-state index contributed by atoms with van der Waals surface area (Å²) in [6.07, 6.45) is 11.7. The zero-order valence-corrected chi connectivity index (χ0v) is 6.67. The molecule has 0 spiro atoms. The van der Waals surface area contributed by atoms with Crippen LogP contribution in [0.25, 0.3) is 0 Å². The second-order valence-electron chi connectivity index (χ2n) is 1.97. The van der Waals surface area contributed by atoms with Gasteiger partial charge in [0.15, 0.2) is 0 Å². The fraction of sp³-hybridized carbons (Fsp3) is 0.333. The van der Waals surface area contributed by atoms with Crippen LogP contribution in [0.5, 0.6) is 0 Å². The number of hydrogen-bond acceptors (Lipinski definition) is 1. The van der Waals surface area contributed by atoms with Crippen LogP contribution in [0, 0.1) is 0 Å². The molecule has 0 aromatic heterocycles. The first-order valence-corrected chi connectivity index (χ1v) is 3.47. The van der Waals surface area contributed by atoms with Gasteiger partial charge in [-0.05, 0) is 20.4 Å². The lowest BCUT2D eigenvalue weighted by atomic mass is 10.2. The molecule has 1 heteroatoms. The summed E-state index contributed by atoms with van der Waals surface area (Å²) in [4.78, 5) is 0. The molecular formula is C9H15N. The van der Waals surface area contributed by atoms with Crippen molar-refractivity contribution >= 4 is 0 Å². The number of rotatable bonds is 0. The first-order chi connectivity index (χ1) is 4.89. The number of nitrogens with two attached hydrogens (primary N) is 1. The van der Waals surface area contributed by atoms with Gasteiger partial charge in [-0.3, -0.25) is 0 Å². The fourth-order valence-corrected chi connectivity index (χ4v) is 0.686. The minimum atomic E-state index is 1.08. The van der Waals surface area contributed by atoms with Crippen molar-refractivity contribution in [3.8, 4) is 0 Å². The molecule has 1 aliphatic carbocycles. The van der Waals surface area contributed by atoms with Crippen molar-refractivity contribution < 1.29 is 0 Å². The first kappa shape index (κ1) is 9.18. The highest BCUT2D eigenvalue weighted by atomic mass is 14.4. The highest BCUT2D eigenvalue weighted by Crippen LogP contribution is 2.01. The molecule has 0 amide bonds. The smallest absolute Gasteiger partial charge is 0.0160 e. The lowest BCUT2D eigenvalue weighted by molar-refractivity contribution is 1.35. The van der Waals surface area contributed by atoms with Crippen LogP contribution < -0.4 is 5.73 Å². The maximum absolute atomic E-state index is 4.50. The van der Waals surface area contributed by atoms with Crippen molar-refractivity contribution in [2.45, 2.75) is 13.3 Å². The fourth-order valence-electron chi connectivity index (χ4n) is 0.686. The van der Waals surface area contributed by atoms with Crippen LogP contribution in [0.2, 0.25) is 0 Å². The van der Waals surface area contributed by atoms with Gasteiger partial charge in [-0.25, -0.2) is 0 Å². The van der Waals surface area contributed by atoms with Crippen LogP contribution in [0.4, 0.5) is 0 Å². The lowest BCUT2D eigenvalue weighted by Crippen LogP contribution is -1.69. The zero-order valence-electron chi connectivity index (χ0n) is 6.67. The Balaban J connectivity index is 0.000000371. The van der Waals surface area contributed by atoms with E-state index in [1.165, 1.54) is 12.6 Å². The predicted octanol–water partition coefficient (Wildman–Crippen LogP) is 2.02. The van der Waals surface area contributed by atoms with Crippen molar-refractivity contribution in [1.82, 2.24) is 0 Å². The van der Waals surface area contributed by atoms with E-state index in [0.29, 0.717) is 0 Å². The van der Waals surface area contributed by atoms with E-state index in [0.717, 1.165) is 6.42 Å². The lowest BCUT2D eigenvalue weighted by Gasteiger charge is -1.82. The Hall–Kier alpha value is -0.820. The quantitative estimate of drug-likeness (QED) is 0.543. The maximum atomic E-state index is 4.50. The standard InChI is InChI=1S/C8H10.CH5N/c1-8-6-4-2-3-5-7-8;1-2/h2-4,6-7H,5H2,1H3;2H2,1H3. The third-order valence-electron chi connectivity index (χ3n) is 1.18. The Bertz CT molecular complexity index is 149. The van der Waals surface area contributed by atoms with Gasteiger partial charge in [-0.2, -0.15) is 0 Å². The van der Waals surface area contributed by atoms with Crippen LogP contribution in [0.15, 0.2) is 36.0 Å². The Kier molecular flexibility index (Phi) is 5.79. The van der Waals surface area contributed by atoms with Crippen LogP contribution >= 0.6 is 0 Å². The van der Waals surface area contributed by atoms with Crippen LogP contribution in [0.1, 0.15) is 13.3 Å². The topological polar surface area (TPSA) is 26.0 Å². The molecule has 0 heterocycles. The van der Waals surface area contributed by atoms with Crippen molar-refractivity contribution in [3.63, 3.8) is 0 Å². The van der Waals surface area contributed by atoms with Gasteiger partial charge in [0.1, 0.15) is 0 Å². The van der Waals surface area contributed by atoms with E-state index in [1.807, 2.05) is 0 Å². The summed E-state index contributed by atoms with van der Waals surface area (Å²) in [7, 11) is 1.50. The second kappa shape index (κ2) is 6.30. The van der Waals surface area contributed by atoms with E-state index in [1.54, 1.807) is 0 Å². The average molecular weight is 137 g/mol. The molecular weight excluding hydrogens is 122 g/mol. The molecule has 0 fully saturated rings. The molecule has 0 aromatic carbocycles. The summed E-state index contributed by atoms with van der Waals surface area (Å²) in [5.41, 5.74) is 5.86. The summed E-state index contributed by atoms with van der Waals surface area (Å²) in [6, 6.07) is 0. The third kappa shape index (κ3) is 4.10. The van der Waals surface area contributed by atoms with Gasteiger partial charge in [0.05, 0.1) is 0 Å². The van der Waals surface area contributed by atoms with E-state index in [9.17, 15) is 0 Å². The van der Waals surface area contributed by atoms with E-state index >= 15 is 0 Å². The molecule has 2 N–H and O–H groups in total. The van der Waals surface area contributed by atoms with Gasteiger partial charge in [-0.1, -0.05) is 36.0 Å². The molecule has 10 heavy (non-hydrogen) atoms. The molecule has 0 bridgehead atoms.